The number of amides is 2. The molecular weight excluding hydrogens is 292 g/mol. The third kappa shape index (κ3) is 4.55. The summed E-state index contributed by atoms with van der Waals surface area (Å²) in [6.07, 6.45) is 6.82. The van der Waals surface area contributed by atoms with Crippen LogP contribution in [0.1, 0.15) is 44.9 Å². The Hall–Kier alpha value is -1.88. The third-order valence-electron chi connectivity index (χ3n) is 4.61. The Morgan fingerprint density at radius 1 is 0.957 bits per heavy atom. The molecule has 2 aliphatic rings. The van der Waals surface area contributed by atoms with Gasteiger partial charge in [-0.05, 0) is 55.9 Å². The fourth-order valence-corrected chi connectivity index (χ4v) is 3.33. The van der Waals surface area contributed by atoms with Crippen LogP contribution in [0.15, 0.2) is 24.3 Å². The van der Waals surface area contributed by atoms with Crippen molar-refractivity contribution in [2.45, 2.75) is 51.0 Å². The number of ether oxygens (including phenoxy) is 1. The Labute approximate surface area is 136 Å². The summed E-state index contributed by atoms with van der Waals surface area (Å²) in [5, 5.41) is 5.77. The highest BCUT2D eigenvalue weighted by molar-refractivity contribution is 5.95. The number of benzene rings is 1. The van der Waals surface area contributed by atoms with Gasteiger partial charge < -0.3 is 15.4 Å². The Morgan fingerprint density at radius 2 is 1.61 bits per heavy atom. The van der Waals surface area contributed by atoms with Crippen molar-refractivity contribution in [1.29, 1.82) is 0 Å². The zero-order chi connectivity index (χ0) is 16.1. The normalized spacial score (nSPS) is 21.3. The van der Waals surface area contributed by atoms with Gasteiger partial charge in [0.05, 0.1) is 0 Å². The number of nitrogens with one attached hydrogen (secondary N) is 2. The molecule has 0 radical (unpaired) electrons. The molecule has 0 aromatic heterocycles. The number of hydrogen-bond acceptors (Lipinski definition) is 3. The molecule has 124 valence electrons. The molecule has 5 heteroatoms. The molecule has 0 spiro atoms. The lowest BCUT2D eigenvalue weighted by atomic mass is 10.0. The van der Waals surface area contributed by atoms with E-state index in [1.54, 1.807) is 12.1 Å². The second kappa shape index (κ2) is 7.59. The van der Waals surface area contributed by atoms with Crippen molar-refractivity contribution in [3.05, 3.63) is 24.3 Å². The molecule has 1 atom stereocenters. The third-order valence-corrected chi connectivity index (χ3v) is 4.61. The van der Waals surface area contributed by atoms with E-state index in [-0.39, 0.29) is 17.9 Å². The molecular formula is C18H24N2O3. The largest absolute Gasteiger partial charge is 0.368 e. The van der Waals surface area contributed by atoms with Gasteiger partial charge in [-0.15, -0.1) is 0 Å². The van der Waals surface area contributed by atoms with Crippen LogP contribution in [-0.4, -0.2) is 24.5 Å². The lowest BCUT2D eigenvalue weighted by molar-refractivity contribution is -0.124. The monoisotopic (exact) mass is 316 g/mol. The van der Waals surface area contributed by atoms with Crippen molar-refractivity contribution in [1.82, 2.24) is 0 Å². The quantitative estimate of drug-likeness (QED) is 0.875. The van der Waals surface area contributed by atoms with Gasteiger partial charge in [0, 0.05) is 24.4 Å². The predicted molar refractivity (Wildman–Crippen MR) is 89.3 cm³/mol. The maximum atomic E-state index is 12.0. The van der Waals surface area contributed by atoms with Crippen LogP contribution in [0.2, 0.25) is 0 Å². The van der Waals surface area contributed by atoms with Crippen LogP contribution in [0, 0.1) is 5.92 Å². The lowest BCUT2D eigenvalue weighted by Gasteiger charge is -2.12. The second-order valence-corrected chi connectivity index (χ2v) is 6.47. The van der Waals surface area contributed by atoms with Gasteiger partial charge in [0.2, 0.25) is 5.91 Å². The van der Waals surface area contributed by atoms with Crippen LogP contribution >= 0.6 is 0 Å². The van der Waals surface area contributed by atoms with Crippen LogP contribution in [0.4, 0.5) is 11.4 Å². The average Bonchev–Trinajstić information content (AvgIpc) is 3.22. The first-order chi connectivity index (χ1) is 11.2. The summed E-state index contributed by atoms with van der Waals surface area (Å²) in [5.74, 6) is 0.522. The maximum absolute atomic E-state index is 12.0. The van der Waals surface area contributed by atoms with Gasteiger partial charge >= 0.3 is 0 Å². The van der Waals surface area contributed by atoms with Gasteiger partial charge in [0.25, 0.3) is 5.91 Å². The highest BCUT2D eigenvalue weighted by atomic mass is 16.5. The van der Waals surface area contributed by atoms with Crippen molar-refractivity contribution in [3.8, 4) is 0 Å². The Bertz CT molecular complexity index is 544. The van der Waals surface area contributed by atoms with E-state index in [1.807, 2.05) is 12.1 Å². The summed E-state index contributed by atoms with van der Waals surface area (Å²) in [4.78, 5) is 24.0. The molecule has 0 unspecified atom stereocenters. The first-order valence-corrected chi connectivity index (χ1v) is 8.53. The molecule has 1 aromatic rings. The Morgan fingerprint density at radius 3 is 2.22 bits per heavy atom. The minimum Gasteiger partial charge on any atom is -0.368 e. The smallest absolute Gasteiger partial charge is 0.253 e. The Kier molecular flexibility index (Phi) is 5.28. The molecule has 1 aromatic carbocycles. The van der Waals surface area contributed by atoms with E-state index in [2.05, 4.69) is 10.6 Å². The first-order valence-electron chi connectivity index (χ1n) is 8.53. The summed E-state index contributed by atoms with van der Waals surface area (Å²) in [7, 11) is 0. The highest BCUT2D eigenvalue weighted by Crippen LogP contribution is 2.28. The fraction of sp³-hybridized carbons (Fsp3) is 0.556. The van der Waals surface area contributed by atoms with Crippen molar-refractivity contribution < 1.29 is 14.3 Å². The molecule has 2 fully saturated rings. The molecule has 1 heterocycles. The van der Waals surface area contributed by atoms with Gasteiger partial charge in [-0.2, -0.15) is 0 Å². The zero-order valence-corrected chi connectivity index (χ0v) is 13.3. The van der Waals surface area contributed by atoms with Crippen LogP contribution in [0.3, 0.4) is 0 Å². The van der Waals surface area contributed by atoms with Crippen molar-refractivity contribution in [3.63, 3.8) is 0 Å². The van der Waals surface area contributed by atoms with Crippen LogP contribution in [-0.2, 0) is 14.3 Å². The van der Waals surface area contributed by atoms with Crippen molar-refractivity contribution in [2.75, 3.05) is 17.2 Å². The number of rotatable bonds is 5. The lowest BCUT2D eigenvalue weighted by Crippen LogP contribution is -2.26. The average molecular weight is 316 g/mol. The van der Waals surface area contributed by atoms with Gasteiger partial charge in [-0.1, -0.05) is 12.8 Å². The molecule has 0 bridgehead atoms. The van der Waals surface area contributed by atoms with Gasteiger partial charge in [0.1, 0.15) is 6.10 Å². The number of carbonyl (C=O) groups is 2. The van der Waals surface area contributed by atoms with E-state index in [0.717, 1.165) is 24.2 Å². The number of hydrogen-bond donors (Lipinski definition) is 2. The Balaban J connectivity index is 1.48. The summed E-state index contributed by atoms with van der Waals surface area (Å²) in [6, 6.07) is 7.24. The second-order valence-electron chi connectivity index (χ2n) is 6.47. The van der Waals surface area contributed by atoms with Crippen LogP contribution in [0.25, 0.3) is 0 Å². The molecule has 5 nitrogen and oxygen atoms in total. The molecule has 1 aliphatic carbocycles. The molecule has 2 N–H and O–H groups in total. The molecule has 2 amide bonds. The maximum Gasteiger partial charge on any atom is 0.253 e. The summed E-state index contributed by atoms with van der Waals surface area (Å²) in [5.41, 5.74) is 1.49. The SMILES string of the molecule is O=C(CC1CCCC1)Nc1ccc(NC(=O)[C@H]2CCCO2)cc1. The van der Waals surface area contributed by atoms with E-state index < -0.39 is 0 Å². The first kappa shape index (κ1) is 16.0. The van der Waals surface area contributed by atoms with Gasteiger partial charge in [0.15, 0.2) is 0 Å². The van der Waals surface area contributed by atoms with Gasteiger partial charge in [-0.3, -0.25) is 9.59 Å². The minimum absolute atomic E-state index is 0.0769. The zero-order valence-electron chi connectivity index (χ0n) is 13.3. The van der Waals surface area contributed by atoms with Crippen LogP contribution < -0.4 is 10.6 Å². The summed E-state index contributed by atoms with van der Waals surface area (Å²) >= 11 is 0. The van der Waals surface area contributed by atoms with E-state index in [1.165, 1.54) is 25.7 Å². The van der Waals surface area contributed by atoms with Crippen molar-refractivity contribution in [2.24, 2.45) is 5.92 Å². The fourth-order valence-electron chi connectivity index (χ4n) is 3.33. The summed E-state index contributed by atoms with van der Waals surface area (Å²) < 4.78 is 5.36. The standard InChI is InChI=1S/C18H24N2O3/c21-17(12-13-4-1-2-5-13)19-14-7-9-15(10-8-14)20-18(22)16-6-3-11-23-16/h7-10,13,16H,1-6,11-12H2,(H,19,21)(H,20,22)/t16-/m1/s1. The topological polar surface area (TPSA) is 67.4 Å². The van der Waals surface area contributed by atoms with E-state index in [4.69, 9.17) is 4.74 Å². The molecule has 1 saturated heterocycles. The van der Waals surface area contributed by atoms with Gasteiger partial charge in [-0.25, -0.2) is 0 Å². The van der Waals surface area contributed by atoms with E-state index in [9.17, 15) is 9.59 Å². The van der Waals surface area contributed by atoms with Crippen LogP contribution in [0.5, 0.6) is 0 Å². The minimum atomic E-state index is -0.333. The number of anilines is 2. The van der Waals surface area contributed by atoms with E-state index >= 15 is 0 Å². The number of carbonyl (C=O) groups excluding carboxylic acids is 2. The molecule has 1 saturated carbocycles. The van der Waals surface area contributed by atoms with Crippen molar-refractivity contribution >= 4 is 23.2 Å². The molecule has 3 rings (SSSR count). The van der Waals surface area contributed by atoms with E-state index in [0.29, 0.717) is 18.9 Å². The highest BCUT2D eigenvalue weighted by Gasteiger charge is 2.23. The summed E-state index contributed by atoms with van der Waals surface area (Å²) in [6.45, 7) is 0.657. The molecule has 1 aliphatic heterocycles. The predicted octanol–water partition coefficient (Wildman–Crippen LogP) is 3.32. The molecule has 23 heavy (non-hydrogen) atoms.